The Bertz CT molecular complexity index is 522. The van der Waals surface area contributed by atoms with E-state index in [0.717, 1.165) is 44.4 Å². The average molecular weight is 345 g/mol. The predicted molar refractivity (Wildman–Crippen MR) is 108 cm³/mol. The second-order valence-electron chi connectivity index (χ2n) is 7.21. The fraction of sp³-hybridized carbons (Fsp3) is 0.667. The van der Waals surface area contributed by atoms with Crippen LogP contribution in [0.1, 0.15) is 45.6 Å². The lowest BCUT2D eigenvalue weighted by atomic mass is 9.76. The van der Waals surface area contributed by atoms with Crippen molar-refractivity contribution in [3.05, 3.63) is 35.9 Å². The van der Waals surface area contributed by atoms with Crippen LogP contribution < -0.4 is 10.6 Å². The summed E-state index contributed by atoms with van der Waals surface area (Å²) in [6, 6.07) is 10.9. The summed E-state index contributed by atoms with van der Waals surface area (Å²) in [6.45, 7) is 12.3. The maximum Gasteiger partial charge on any atom is 0.191 e. The third kappa shape index (κ3) is 5.21. The van der Waals surface area contributed by atoms with Gasteiger partial charge in [0.15, 0.2) is 5.96 Å². The molecule has 1 atom stereocenters. The van der Waals surface area contributed by atoms with Crippen molar-refractivity contribution in [3.63, 3.8) is 0 Å². The molecule has 0 saturated carbocycles. The first-order valence-electron chi connectivity index (χ1n) is 9.89. The number of hydrogen-bond acceptors (Lipinski definition) is 2. The lowest BCUT2D eigenvalue weighted by Crippen LogP contribution is -2.46. The third-order valence-electron chi connectivity index (χ3n) is 5.93. The molecule has 0 bridgehead atoms. The van der Waals surface area contributed by atoms with Gasteiger partial charge in [0.2, 0.25) is 0 Å². The van der Waals surface area contributed by atoms with Crippen molar-refractivity contribution >= 4 is 5.96 Å². The Kier molecular flexibility index (Phi) is 7.76. The van der Waals surface area contributed by atoms with Crippen LogP contribution in [0.5, 0.6) is 0 Å². The molecule has 2 rings (SSSR count). The summed E-state index contributed by atoms with van der Waals surface area (Å²) in [7, 11) is 1.87. The predicted octanol–water partition coefficient (Wildman–Crippen LogP) is 3.25. The number of guanidine groups is 1. The molecular formula is C21H36N4. The highest BCUT2D eigenvalue weighted by Gasteiger charge is 2.28. The summed E-state index contributed by atoms with van der Waals surface area (Å²) in [6.07, 6.45) is 3.52. The van der Waals surface area contributed by atoms with Gasteiger partial charge in [0, 0.05) is 32.1 Å². The molecule has 0 aromatic heterocycles. The molecule has 1 aliphatic heterocycles. The van der Waals surface area contributed by atoms with Crippen molar-refractivity contribution in [2.45, 2.75) is 45.4 Å². The molecule has 140 valence electrons. The van der Waals surface area contributed by atoms with Crippen molar-refractivity contribution < 1.29 is 0 Å². The van der Waals surface area contributed by atoms with E-state index in [9.17, 15) is 0 Å². The maximum absolute atomic E-state index is 4.43. The molecule has 1 aliphatic rings. The Morgan fingerprint density at radius 1 is 1.16 bits per heavy atom. The molecule has 0 aliphatic carbocycles. The third-order valence-corrected chi connectivity index (χ3v) is 5.93. The maximum atomic E-state index is 4.43. The molecule has 0 radical (unpaired) electrons. The smallest absolute Gasteiger partial charge is 0.191 e. The van der Waals surface area contributed by atoms with Gasteiger partial charge in [-0.25, -0.2) is 0 Å². The van der Waals surface area contributed by atoms with Gasteiger partial charge in [0.1, 0.15) is 0 Å². The van der Waals surface area contributed by atoms with E-state index in [2.05, 4.69) is 71.6 Å². The molecule has 1 fully saturated rings. The fourth-order valence-electron chi connectivity index (χ4n) is 3.88. The number of aliphatic imine (C=N–C) groups is 1. The number of nitrogens with one attached hydrogen (secondary N) is 2. The molecule has 4 nitrogen and oxygen atoms in total. The molecule has 1 unspecified atom stereocenters. The Hall–Kier alpha value is -1.55. The van der Waals surface area contributed by atoms with Crippen molar-refractivity contribution in [2.24, 2.45) is 10.9 Å². The fourth-order valence-corrected chi connectivity index (χ4v) is 3.88. The minimum atomic E-state index is 0.158. The first kappa shape index (κ1) is 19.8. The molecule has 1 saturated heterocycles. The second kappa shape index (κ2) is 9.81. The van der Waals surface area contributed by atoms with Crippen LogP contribution in [0, 0.1) is 5.92 Å². The van der Waals surface area contributed by atoms with Crippen LogP contribution in [0.15, 0.2) is 35.3 Å². The van der Waals surface area contributed by atoms with E-state index in [1.54, 1.807) is 0 Å². The number of rotatable bonds is 8. The van der Waals surface area contributed by atoms with E-state index in [-0.39, 0.29) is 5.41 Å². The summed E-state index contributed by atoms with van der Waals surface area (Å²) in [4.78, 5) is 6.96. The molecule has 1 aromatic carbocycles. The van der Waals surface area contributed by atoms with Gasteiger partial charge in [0.25, 0.3) is 0 Å². The van der Waals surface area contributed by atoms with Gasteiger partial charge in [-0.2, -0.15) is 0 Å². The average Bonchev–Trinajstić information content (AvgIpc) is 3.14. The highest BCUT2D eigenvalue weighted by Crippen LogP contribution is 2.30. The zero-order valence-electron chi connectivity index (χ0n) is 16.5. The Morgan fingerprint density at radius 2 is 1.88 bits per heavy atom. The quantitative estimate of drug-likeness (QED) is 0.562. The summed E-state index contributed by atoms with van der Waals surface area (Å²) in [5.74, 6) is 1.66. The van der Waals surface area contributed by atoms with Crippen LogP contribution >= 0.6 is 0 Å². The van der Waals surface area contributed by atoms with Gasteiger partial charge in [-0.05, 0) is 43.8 Å². The number of likely N-dealkylation sites (tertiary alicyclic amines) is 1. The Labute approximate surface area is 154 Å². The van der Waals surface area contributed by atoms with E-state index >= 15 is 0 Å². The van der Waals surface area contributed by atoms with Crippen molar-refractivity contribution in [1.29, 1.82) is 0 Å². The Balaban J connectivity index is 1.90. The molecular weight excluding hydrogens is 308 g/mol. The van der Waals surface area contributed by atoms with Gasteiger partial charge in [-0.1, -0.05) is 51.1 Å². The van der Waals surface area contributed by atoms with Crippen molar-refractivity contribution in [2.75, 3.05) is 39.8 Å². The first-order valence-corrected chi connectivity index (χ1v) is 9.89. The highest BCUT2D eigenvalue weighted by atomic mass is 15.2. The monoisotopic (exact) mass is 344 g/mol. The van der Waals surface area contributed by atoms with Crippen LogP contribution in [0.4, 0.5) is 0 Å². The van der Waals surface area contributed by atoms with Gasteiger partial charge < -0.3 is 15.5 Å². The zero-order valence-corrected chi connectivity index (χ0v) is 16.5. The molecule has 4 heteroatoms. The van der Waals surface area contributed by atoms with Crippen molar-refractivity contribution in [1.82, 2.24) is 15.5 Å². The van der Waals surface area contributed by atoms with Gasteiger partial charge in [-0.15, -0.1) is 0 Å². The molecule has 25 heavy (non-hydrogen) atoms. The zero-order chi connectivity index (χ0) is 18.1. The second-order valence-corrected chi connectivity index (χ2v) is 7.21. The first-order chi connectivity index (χ1) is 12.2. The van der Waals surface area contributed by atoms with Gasteiger partial charge in [0.05, 0.1) is 0 Å². The van der Waals surface area contributed by atoms with E-state index < -0.39 is 0 Å². The molecule has 2 N–H and O–H groups in total. The molecule has 0 amide bonds. The summed E-state index contributed by atoms with van der Waals surface area (Å²) < 4.78 is 0. The molecule has 0 spiro atoms. The number of benzene rings is 1. The van der Waals surface area contributed by atoms with E-state index in [1.165, 1.54) is 25.1 Å². The molecule has 1 heterocycles. The van der Waals surface area contributed by atoms with E-state index in [1.807, 2.05) is 7.05 Å². The van der Waals surface area contributed by atoms with Crippen LogP contribution in [-0.4, -0.2) is 50.6 Å². The number of hydrogen-bond donors (Lipinski definition) is 2. The van der Waals surface area contributed by atoms with Crippen LogP contribution in [0.3, 0.4) is 0 Å². The minimum Gasteiger partial charge on any atom is -0.356 e. The van der Waals surface area contributed by atoms with Crippen LogP contribution in [-0.2, 0) is 5.41 Å². The van der Waals surface area contributed by atoms with Crippen LogP contribution in [0.2, 0.25) is 0 Å². The normalized spacial score (nSPS) is 19.2. The summed E-state index contributed by atoms with van der Waals surface area (Å²) in [5, 5.41) is 7.13. The SMILES string of the molecule is CCN1CCC(CNC(=NC)NCC(CC)(CC)c2ccccc2)C1. The largest absolute Gasteiger partial charge is 0.356 e. The lowest BCUT2D eigenvalue weighted by molar-refractivity contribution is 0.341. The summed E-state index contributed by atoms with van der Waals surface area (Å²) >= 11 is 0. The lowest BCUT2D eigenvalue weighted by Gasteiger charge is -2.33. The molecule has 1 aromatic rings. The van der Waals surface area contributed by atoms with Crippen molar-refractivity contribution in [3.8, 4) is 0 Å². The summed E-state index contributed by atoms with van der Waals surface area (Å²) in [5.41, 5.74) is 1.57. The minimum absolute atomic E-state index is 0.158. The number of nitrogens with zero attached hydrogens (tertiary/aromatic N) is 2. The Morgan fingerprint density at radius 3 is 2.44 bits per heavy atom. The topological polar surface area (TPSA) is 39.7 Å². The highest BCUT2D eigenvalue weighted by molar-refractivity contribution is 5.79. The van der Waals surface area contributed by atoms with Crippen LogP contribution in [0.25, 0.3) is 0 Å². The standard InChI is InChI=1S/C21H36N4/c1-5-21(6-2,19-11-9-8-10-12-19)17-24-20(22-4)23-15-18-13-14-25(7-3)16-18/h8-12,18H,5-7,13-17H2,1-4H3,(H2,22,23,24). The van der Waals surface area contributed by atoms with E-state index in [0.29, 0.717) is 0 Å². The van der Waals surface area contributed by atoms with E-state index in [4.69, 9.17) is 0 Å². The van der Waals surface area contributed by atoms with Gasteiger partial charge >= 0.3 is 0 Å². The van der Waals surface area contributed by atoms with Gasteiger partial charge in [-0.3, -0.25) is 4.99 Å².